The number of carboxylic acid groups (broad SMARTS) is 1. The fourth-order valence-electron chi connectivity index (χ4n) is 2.94. The molecule has 3 aromatic rings. The van der Waals surface area contributed by atoms with E-state index in [1.165, 1.54) is 30.1 Å². The summed E-state index contributed by atoms with van der Waals surface area (Å²) in [5.74, 6) is -0.748. The van der Waals surface area contributed by atoms with Gasteiger partial charge in [0, 0.05) is 13.6 Å². The van der Waals surface area contributed by atoms with Gasteiger partial charge in [-0.05, 0) is 31.0 Å². The average Bonchev–Trinajstić information content (AvgIpc) is 3.01. The molecule has 1 amide bonds. The molecule has 28 heavy (non-hydrogen) atoms. The van der Waals surface area contributed by atoms with Gasteiger partial charge in [0.05, 0.1) is 18.2 Å². The molecule has 0 atom stereocenters. The number of fused-ring (bicyclic) bond motifs is 1. The highest BCUT2D eigenvalue weighted by molar-refractivity contribution is 6.06. The molecule has 0 saturated heterocycles. The van der Waals surface area contributed by atoms with E-state index in [9.17, 15) is 14.4 Å². The number of nitrogens with one attached hydrogen (secondary N) is 1. The van der Waals surface area contributed by atoms with E-state index in [2.05, 4.69) is 10.3 Å². The first-order valence-corrected chi connectivity index (χ1v) is 8.46. The third-order valence-electron chi connectivity index (χ3n) is 4.39. The number of amides is 1. The number of aryl methyl sites for hydroxylation is 2. The van der Waals surface area contributed by atoms with Gasteiger partial charge in [0.25, 0.3) is 11.5 Å². The van der Waals surface area contributed by atoms with Gasteiger partial charge < -0.3 is 24.1 Å². The lowest BCUT2D eigenvalue weighted by Gasteiger charge is -2.10. The van der Waals surface area contributed by atoms with Crippen molar-refractivity contribution in [1.82, 2.24) is 14.9 Å². The van der Waals surface area contributed by atoms with Crippen LogP contribution in [0.2, 0.25) is 0 Å². The van der Waals surface area contributed by atoms with Crippen molar-refractivity contribution in [2.24, 2.45) is 7.05 Å². The van der Waals surface area contributed by atoms with Crippen LogP contribution in [0, 0.1) is 6.92 Å². The number of carbonyl (C=O) groups excluding carboxylic acids is 1. The minimum atomic E-state index is -1.05. The number of ether oxygens (including phenoxy) is 1. The molecule has 0 aliphatic rings. The second-order valence-corrected chi connectivity index (χ2v) is 6.21. The van der Waals surface area contributed by atoms with Gasteiger partial charge in [-0.25, -0.2) is 9.78 Å². The van der Waals surface area contributed by atoms with Crippen LogP contribution in [0.4, 0.5) is 0 Å². The van der Waals surface area contributed by atoms with Crippen LogP contribution in [0.15, 0.2) is 33.7 Å². The van der Waals surface area contributed by atoms with Crippen LogP contribution < -0.4 is 15.6 Å². The second kappa shape index (κ2) is 7.55. The number of carboxylic acids is 1. The molecule has 146 valence electrons. The molecule has 9 heteroatoms. The quantitative estimate of drug-likeness (QED) is 0.659. The molecule has 0 bridgehead atoms. The Morgan fingerprint density at radius 3 is 2.79 bits per heavy atom. The lowest BCUT2D eigenvalue weighted by Crippen LogP contribution is -2.28. The van der Waals surface area contributed by atoms with Gasteiger partial charge in [-0.15, -0.1) is 0 Å². The molecule has 2 aromatic heterocycles. The van der Waals surface area contributed by atoms with Crippen LogP contribution in [-0.2, 0) is 13.5 Å². The summed E-state index contributed by atoms with van der Waals surface area (Å²) in [5, 5.41) is 11.9. The second-order valence-electron chi connectivity index (χ2n) is 6.21. The van der Waals surface area contributed by atoms with Gasteiger partial charge in [-0.2, -0.15) is 0 Å². The molecule has 0 fully saturated rings. The Hall–Kier alpha value is -3.62. The smallest absolute Gasteiger partial charge is 0.335 e. The first-order chi connectivity index (χ1) is 13.3. The topological polar surface area (TPSA) is 124 Å². The van der Waals surface area contributed by atoms with E-state index in [0.29, 0.717) is 17.9 Å². The first kappa shape index (κ1) is 19.2. The summed E-state index contributed by atoms with van der Waals surface area (Å²) in [6, 6.07) is 4.56. The van der Waals surface area contributed by atoms with E-state index in [0.717, 1.165) is 5.56 Å². The number of hydrogen-bond donors (Lipinski definition) is 2. The van der Waals surface area contributed by atoms with Crippen LogP contribution in [0.3, 0.4) is 0 Å². The van der Waals surface area contributed by atoms with E-state index in [-0.39, 0.29) is 34.3 Å². The molecule has 0 saturated carbocycles. The summed E-state index contributed by atoms with van der Waals surface area (Å²) in [4.78, 5) is 40.1. The van der Waals surface area contributed by atoms with Crippen molar-refractivity contribution in [1.29, 1.82) is 0 Å². The van der Waals surface area contributed by atoms with E-state index < -0.39 is 11.9 Å². The summed E-state index contributed by atoms with van der Waals surface area (Å²) in [5.41, 5.74) is 0.791. The number of rotatable bonds is 6. The molecule has 2 N–H and O–H groups in total. The van der Waals surface area contributed by atoms with Crippen molar-refractivity contribution >= 4 is 23.0 Å². The highest BCUT2D eigenvalue weighted by atomic mass is 16.5. The largest absolute Gasteiger partial charge is 0.496 e. The van der Waals surface area contributed by atoms with Crippen molar-refractivity contribution in [2.75, 3.05) is 13.7 Å². The normalized spacial score (nSPS) is 10.8. The van der Waals surface area contributed by atoms with Gasteiger partial charge in [-0.3, -0.25) is 9.59 Å². The van der Waals surface area contributed by atoms with Crippen LogP contribution in [-0.4, -0.2) is 40.2 Å². The predicted molar refractivity (Wildman–Crippen MR) is 100.0 cm³/mol. The van der Waals surface area contributed by atoms with Gasteiger partial charge >= 0.3 is 5.97 Å². The van der Waals surface area contributed by atoms with Crippen LogP contribution in [0.25, 0.3) is 11.1 Å². The molecule has 0 aliphatic heterocycles. The van der Waals surface area contributed by atoms with Crippen LogP contribution >= 0.6 is 0 Å². The zero-order valence-corrected chi connectivity index (χ0v) is 15.6. The van der Waals surface area contributed by atoms with Crippen molar-refractivity contribution in [2.45, 2.75) is 13.3 Å². The minimum Gasteiger partial charge on any atom is -0.496 e. The zero-order valence-electron chi connectivity index (χ0n) is 15.6. The van der Waals surface area contributed by atoms with E-state index in [1.54, 1.807) is 20.0 Å². The number of furan rings is 1. The Morgan fingerprint density at radius 1 is 1.36 bits per heavy atom. The van der Waals surface area contributed by atoms with Gasteiger partial charge in [-0.1, -0.05) is 6.07 Å². The number of aromatic carboxylic acids is 1. The Balaban J connectivity index is 1.78. The number of aromatic nitrogens is 2. The average molecular weight is 385 g/mol. The molecule has 0 unspecified atom stereocenters. The molecule has 0 aliphatic carbocycles. The first-order valence-electron chi connectivity index (χ1n) is 8.46. The Morgan fingerprint density at radius 2 is 2.11 bits per heavy atom. The number of benzene rings is 1. The summed E-state index contributed by atoms with van der Waals surface area (Å²) in [6.07, 6.45) is 1.75. The van der Waals surface area contributed by atoms with Gasteiger partial charge in [0.2, 0.25) is 5.71 Å². The van der Waals surface area contributed by atoms with Crippen molar-refractivity contribution < 1.29 is 23.8 Å². The maximum atomic E-state index is 12.6. The maximum absolute atomic E-state index is 12.6. The lowest BCUT2D eigenvalue weighted by atomic mass is 10.1. The molecule has 0 radical (unpaired) electrons. The number of hydrogen-bond acceptors (Lipinski definition) is 6. The molecule has 9 nitrogen and oxygen atoms in total. The molecule has 3 rings (SSSR count). The number of carbonyl (C=O) groups is 2. The third kappa shape index (κ3) is 3.46. The summed E-state index contributed by atoms with van der Waals surface area (Å²) in [6.45, 7) is 1.86. The number of methoxy groups -OCH3 is 1. The van der Waals surface area contributed by atoms with E-state index in [4.69, 9.17) is 14.3 Å². The molecular formula is C19H19N3O6. The fraction of sp³-hybridized carbons (Fsp3) is 0.263. The SMILES string of the molecule is COc1cc(C(=O)O)ccc1CCNC(=O)c1c(C)oc2ncn(C)c(=O)c12. The summed E-state index contributed by atoms with van der Waals surface area (Å²) >= 11 is 0. The van der Waals surface area contributed by atoms with Crippen molar-refractivity contribution in [3.8, 4) is 5.75 Å². The third-order valence-corrected chi connectivity index (χ3v) is 4.39. The minimum absolute atomic E-state index is 0.119. The Labute approximate surface area is 159 Å². The molecule has 2 heterocycles. The maximum Gasteiger partial charge on any atom is 0.335 e. The molecule has 1 aromatic carbocycles. The van der Waals surface area contributed by atoms with Crippen molar-refractivity contribution in [3.05, 3.63) is 57.3 Å². The highest BCUT2D eigenvalue weighted by Crippen LogP contribution is 2.22. The van der Waals surface area contributed by atoms with Crippen LogP contribution in [0.5, 0.6) is 5.75 Å². The summed E-state index contributed by atoms with van der Waals surface area (Å²) < 4.78 is 11.9. The zero-order chi connectivity index (χ0) is 20.4. The fourth-order valence-corrected chi connectivity index (χ4v) is 2.94. The van der Waals surface area contributed by atoms with Crippen LogP contribution in [0.1, 0.15) is 32.0 Å². The Kier molecular flexibility index (Phi) is 5.16. The monoisotopic (exact) mass is 385 g/mol. The van der Waals surface area contributed by atoms with Gasteiger partial charge in [0.15, 0.2) is 0 Å². The molecule has 0 spiro atoms. The lowest BCUT2D eigenvalue weighted by molar-refractivity contribution is 0.0696. The molecular weight excluding hydrogens is 366 g/mol. The summed E-state index contributed by atoms with van der Waals surface area (Å²) in [7, 11) is 3.00. The van der Waals surface area contributed by atoms with E-state index >= 15 is 0 Å². The Bertz CT molecular complexity index is 1130. The highest BCUT2D eigenvalue weighted by Gasteiger charge is 2.22. The standard InChI is InChI=1S/C19H19N3O6/c1-10-14(15-17(28-10)21-9-22(2)18(15)24)16(23)20-7-6-11-4-5-12(19(25)26)8-13(11)27-3/h4-5,8-9H,6-7H2,1-3H3,(H,20,23)(H,25,26). The van der Waals surface area contributed by atoms with Gasteiger partial charge in [0.1, 0.15) is 23.2 Å². The number of nitrogens with zero attached hydrogens (tertiary/aromatic N) is 2. The van der Waals surface area contributed by atoms with Crippen molar-refractivity contribution in [3.63, 3.8) is 0 Å². The van der Waals surface area contributed by atoms with E-state index in [1.807, 2.05) is 0 Å². The predicted octanol–water partition coefficient (Wildman–Crippen LogP) is 1.51.